The molecule has 0 radical (unpaired) electrons. The van der Waals surface area contributed by atoms with Crippen LogP contribution in [0.5, 0.6) is 17.2 Å². The molecule has 9 nitrogen and oxygen atoms in total. The molecular weight excluding hydrogens is 422 g/mol. The lowest BCUT2D eigenvalue weighted by Crippen LogP contribution is -2.47. The van der Waals surface area contributed by atoms with E-state index in [1.54, 1.807) is 60.4 Å². The van der Waals surface area contributed by atoms with Crippen molar-refractivity contribution in [3.05, 3.63) is 66.5 Å². The number of likely N-dealkylation sites (tertiary alicyclic amines) is 1. The van der Waals surface area contributed by atoms with Crippen LogP contribution in [0.15, 0.2) is 60.9 Å². The Labute approximate surface area is 192 Å². The van der Waals surface area contributed by atoms with Crippen molar-refractivity contribution in [2.75, 3.05) is 25.5 Å². The van der Waals surface area contributed by atoms with Crippen LogP contribution in [0.1, 0.15) is 23.2 Å². The number of hydrogen-bond donors (Lipinski definition) is 2. The number of urea groups is 1. The second-order valence-electron chi connectivity index (χ2n) is 7.84. The third-order valence-electron chi connectivity index (χ3n) is 5.49. The quantitative estimate of drug-likeness (QED) is 0.599. The predicted molar refractivity (Wildman–Crippen MR) is 124 cm³/mol. The highest BCUT2D eigenvalue weighted by molar-refractivity contribution is 5.94. The van der Waals surface area contributed by atoms with E-state index < -0.39 is 0 Å². The van der Waals surface area contributed by atoms with Crippen LogP contribution in [-0.2, 0) is 7.05 Å². The van der Waals surface area contributed by atoms with Gasteiger partial charge in [0.15, 0.2) is 11.5 Å². The van der Waals surface area contributed by atoms with Gasteiger partial charge < -0.3 is 25.0 Å². The highest BCUT2D eigenvalue weighted by Crippen LogP contribution is 2.31. The number of hydrogen-bond acceptors (Lipinski definition) is 5. The summed E-state index contributed by atoms with van der Waals surface area (Å²) < 4.78 is 12.8. The normalized spacial score (nSPS) is 13.9. The Morgan fingerprint density at radius 1 is 1.03 bits per heavy atom. The van der Waals surface area contributed by atoms with Crippen LogP contribution in [0.25, 0.3) is 0 Å². The maximum Gasteiger partial charge on any atom is 0.321 e. The number of methoxy groups -OCH3 is 1. The van der Waals surface area contributed by atoms with Crippen LogP contribution in [-0.4, -0.2) is 52.9 Å². The Bertz CT molecular complexity index is 1100. The topological polar surface area (TPSA) is 97.7 Å². The summed E-state index contributed by atoms with van der Waals surface area (Å²) in [7, 11) is 3.37. The first-order chi connectivity index (χ1) is 16.0. The zero-order valence-electron chi connectivity index (χ0n) is 18.7. The lowest BCUT2D eigenvalue weighted by molar-refractivity contribution is 0.0919. The second-order valence-corrected chi connectivity index (χ2v) is 7.84. The fourth-order valence-corrected chi connectivity index (χ4v) is 3.67. The molecule has 172 valence electrons. The monoisotopic (exact) mass is 449 g/mol. The van der Waals surface area contributed by atoms with Gasteiger partial charge in [0.25, 0.3) is 5.91 Å². The summed E-state index contributed by atoms with van der Waals surface area (Å²) in [6.07, 6.45) is 4.63. The van der Waals surface area contributed by atoms with Crippen molar-refractivity contribution in [1.82, 2.24) is 20.0 Å². The van der Waals surface area contributed by atoms with Gasteiger partial charge in [0.05, 0.1) is 18.9 Å². The molecule has 3 amide bonds. The molecule has 9 heteroatoms. The molecule has 33 heavy (non-hydrogen) atoms. The molecule has 2 N–H and O–H groups in total. The lowest BCUT2D eigenvalue weighted by Gasteiger charge is -2.32. The minimum Gasteiger partial charge on any atom is -0.493 e. The molecular formula is C24H27N5O4. The van der Waals surface area contributed by atoms with E-state index in [2.05, 4.69) is 15.7 Å². The Morgan fingerprint density at radius 2 is 1.73 bits per heavy atom. The van der Waals surface area contributed by atoms with Gasteiger partial charge in [-0.15, -0.1) is 0 Å². The van der Waals surface area contributed by atoms with Crippen molar-refractivity contribution in [2.45, 2.75) is 18.9 Å². The fraction of sp³-hybridized carbons (Fsp3) is 0.292. The number of aromatic nitrogens is 2. The minimum atomic E-state index is -0.162. The SMILES string of the molecule is COc1ccccc1Oc1ccc(NC(=O)N2CCC(NC(=O)c3cnn(C)c3)CC2)cc1. The molecule has 0 saturated carbocycles. The zero-order valence-corrected chi connectivity index (χ0v) is 18.7. The molecule has 1 saturated heterocycles. The van der Waals surface area contributed by atoms with Crippen molar-refractivity contribution in [1.29, 1.82) is 0 Å². The Hall–Kier alpha value is -4.01. The van der Waals surface area contributed by atoms with Gasteiger partial charge in [-0.2, -0.15) is 5.10 Å². The number of anilines is 1. The summed E-state index contributed by atoms with van der Waals surface area (Å²) in [5, 5.41) is 9.96. The number of aryl methyl sites for hydroxylation is 1. The van der Waals surface area contributed by atoms with Gasteiger partial charge in [-0.05, 0) is 49.2 Å². The molecule has 0 aliphatic carbocycles. The van der Waals surface area contributed by atoms with E-state index in [1.807, 2.05) is 24.3 Å². The average molecular weight is 450 g/mol. The summed E-state index contributed by atoms with van der Waals surface area (Å²) in [6.45, 7) is 1.14. The second kappa shape index (κ2) is 10.1. The number of amides is 3. The molecule has 2 heterocycles. The smallest absolute Gasteiger partial charge is 0.321 e. The summed E-state index contributed by atoms with van der Waals surface area (Å²) in [5.74, 6) is 1.77. The largest absolute Gasteiger partial charge is 0.493 e. The number of carbonyl (C=O) groups is 2. The Morgan fingerprint density at radius 3 is 2.36 bits per heavy atom. The number of piperidine rings is 1. The molecule has 1 aliphatic rings. The van der Waals surface area contributed by atoms with Crippen molar-refractivity contribution in [3.8, 4) is 17.2 Å². The number of ether oxygens (including phenoxy) is 2. The number of nitrogens with zero attached hydrogens (tertiary/aromatic N) is 3. The van der Waals surface area contributed by atoms with Crippen molar-refractivity contribution in [3.63, 3.8) is 0 Å². The number of nitrogens with one attached hydrogen (secondary N) is 2. The average Bonchev–Trinajstić information content (AvgIpc) is 3.27. The molecule has 0 unspecified atom stereocenters. The molecule has 1 fully saturated rings. The highest BCUT2D eigenvalue weighted by atomic mass is 16.5. The van der Waals surface area contributed by atoms with Gasteiger partial charge in [0.2, 0.25) is 0 Å². The fourth-order valence-electron chi connectivity index (χ4n) is 3.67. The number of rotatable bonds is 6. The summed E-state index contributed by atoms with van der Waals surface area (Å²) in [6, 6.07) is 14.5. The standard InChI is InChI=1S/C24H27N5O4/c1-28-16-17(15-25-28)23(30)26-19-11-13-29(14-12-19)24(31)27-18-7-9-20(10-8-18)33-22-6-4-3-5-21(22)32-2/h3-10,15-16,19H,11-14H2,1-2H3,(H,26,30)(H,27,31). The number of carbonyl (C=O) groups excluding carboxylic acids is 2. The van der Waals surface area contributed by atoms with Gasteiger partial charge in [0, 0.05) is 38.1 Å². The van der Waals surface area contributed by atoms with Crippen molar-refractivity contribution >= 4 is 17.6 Å². The van der Waals surface area contributed by atoms with Crippen LogP contribution >= 0.6 is 0 Å². The molecule has 2 aromatic carbocycles. The highest BCUT2D eigenvalue weighted by Gasteiger charge is 2.24. The molecule has 1 aromatic heterocycles. The third kappa shape index (κ3) is 5.62. The first-order valence-corrected chi connectivity index (χ1v) is 10.8. The van der Waals surface area contributed by atoms with E-state index in [-0.39, 0.29) is 18.0 Å². The Balaban J connectivity index is 1.25. The maximum absolute atomic E-state index is 12.6. The van der Waals surface area contributed by atoms with E-state index in [9.17, 15) is 9.59 Å². The van der Waals surface area contributed by atoms with Gasteiger partial charge in [0.1, 0.15) is 5.75 Å². The van der Waals surface area contributed by atoms with E-state index in [0.29, 0.717) is 54.4 Å². The first kappa shape index (κ1) is 22.2. The van der Waals surface area contributed by atoms with Gasteiger partial charge in [-0.3, -0.25) is 9.48 Å². The number of benzene rings is 2. The Kier molecular flexibility index (Phi) is 6.77. The summed E-state index contributed by atoms with van der Waals surface area (Å²) in [4.78, 5) is 26.7. The maximum atomic E-state index is 12.6. The molecule has 0 spiro atoms. The van der Waals surface area contributed by atoms with Crippen LogP contribution < -0.4 is 20.1 Å². The van der Waals surface area contributed by atoms with Crippen LogP contribution in [0.4, 0.5) is 10.5 Å². The molecule has 0 atom stereocenters. The molecule has 3 aromatic rings. The third-order valence-corrected chi connectivity index (χ3v) is 5.49. The van der Waals surface area contributed by atoms with Crippen LogP contribution in [0.3, 0.4) is 0 Å². The zero-order chi connectivity index (χ0) is 23.2. The van der Waals surface area contributed by atoms with Gasteiger partial charge >= 0.3 is 6.03 Å². The molecule has 4 rings (SSSR count). The predicted octanol–water partition coefficient (Wildman–Crippen LogP) is 3.65. The summed E-state index contributed by atoms with van der Waals surface area (Å²) >= 11 is 0. The van der Waals surface area contributed by atoms with E-state index >= 15 is 0 Å². The molecule has 1 aliphatic heterocycles. The number of para-hydroxylation sites is 2. The van der Waals surface area contributed by atoms with Crippen LogP contribution in [0, 0.1) is 0 Å². The van der Waals surface area contributed by atoms with Crippen molar-refractivity contribution in [2.24, 2.45) is 7.05 Å². The summed E-state index contributed by atoms with van der Waals surface area (Å²) in [5.41, 5.74) is 1.22. The minimum absolute atomic E-state index is 0.0353. The van der Waals surface area contributed by atoms with Crippen molar-refractivity contribution < 1.29 is 19.1 Å². The van der Waals surface area contributed by atoms with E-state index in [1.165, 1.54) is 0 Å². The van der Waals surface area contributed by atoms with Crippen LogP contribution in [0.2, 0.25) is 0 Å². The first-order valence-electron chi connectivity index (χ1n) is 10.8. The van der Waals surface area contributed by atoms with Gasteiger partial charge in [-0.1, -0.05) is 12.1 Å². The van der Waals surface area contributed by atoms with Gasteiger partial charge in [-0.25, -0.2) is 4.79 Å². The molecule has 0 bridgehead atoms. The lowest BCUT2D eigenvalue weighted by atomic mass is 10.0. The van der Waals surface area contributed by atoms with E-state index in [0.717, 1.165) is 0 Å². The van der Waals surface area contributed by atoms with E-state index in [4.69, 9.17) is 9.47 Å².